The van der Waals surface area contributed by atoms with E-state index in [4.69, 9.17) is 0 Å². The zero-order valence-corrected chi connectivity index (χ0v) is 14.4. The maximum absolute atomic E-state index is 4.48. The lowest BCUT2D eigenvalue weighted by Gasteiger charge is -2.09. The SMILES string of the molecule is Cc1ccc(Nc2ncnc3scc(-c4ccc(C)cc4)c23)cc1. The molecule has 118 valence electrons. The molecule has 0 saturated carbocycles. The fourth-order valence-corrected chi connectivity index (χ4v) is 3.60. The van der Waals surface area contributed by atoms with Gasteiger partial charge >= 0.3 is 0 Å². The molecule has 0 bridgehead atoms. The molecule has 2 aromatic heterocycles. The number of nitrogens with zero attached hydrogens (tertiary/aromatic N) is 2. The van der Waals surface area contributed by atoms with Crippen LogP contribution in [0.2, 0.25) is 0 Å². The fourth-order valence-electron chi connectivity index (χ4n) is 2.69. The molecule has 3 nitrogen and oxygen atoms in total. The number of benzene rings is 2. The van der Waals surface area contributed by atoms with E-state index in [1.54, 1.807) is 17.7 Å². The molecule has 0 atom stereocenters. The molecule has 0 spiro atoms. The third-order valence-corrected chi connectivity index (χ3v) is 4.93. The van der Waals surface area contributed by atoms with E-state index in [0.717, 1.165) is 21.7 Å². The molecule has 1 N–H and O–H groups in total. The van der Waals surface area contributed by atoms with Crippen LogP contribution in [0.4, 0.5) is 11.5 Å². The molecular formula is C20H17N3S. The van der Waals surface area contributed by atoms with Gasteiger partial charge in [0.15, 0.2) is 0 Å². The second-order valence-corrected chi connectivity index (χ2v) is 6.77. The molecule has 4 heteroatoms. The van der Waals surface area contributed by atoms with Gasteiger partial charge in [-0.3, -0.25) is 0 Å². The predicted molar refractivity (Wildman–Crippen MR) is 102 cm³/mol. The van der Waals surface area contributed by atoms with Crippen LogP contribution in [0.25, 0.3) is 21.3 Å². The first-order valence-electron chi connectivity index (χ1n) is 7.83. The van der Waals surface area contributed by atoms with E-state index in [1.165, 1.54) is 22.3 Å². The molecule has 4 aromatic rings. The van der Waals surface area contributed by atoms with Crippen molar-refractivity contribution < 1.29 is 0 Å². The molecule has 0 aliphatic heterocycles. The van der Waals surface area contributed by atoms with Crippen LogP contribution in [0.15, 0.2) is 60.2 Å². The van der Waals surface area contributed by atoms with Crippen LogP contribution in [0, 0.1) is 13.8 Å². The monoisotopic (exact) mass is 331 g/mol. The average molecular weight is 331 g/mol. The maximum atomic E-state index is 4.48. The van der Waals surface area contributed by atoms with Crippen LogP contribution in [0.3, 0.4) is 0 Å². The van der Waals surface area contributed by atoms with Crippen LogP contribution in [0.1, 0.15) is 11.1 Å². The van der Waals surface area contributed by atoms with Gasteiger partial charge in [0.1, 0.15) is 17.0 Å². The van der Waals surface area contributed by atoms with Crippen molar-refractivity contribution in [2.45, 2.75) is 13.8 Å². The van der Waals surface area contributed by atoms with Gasteiger partial charge in [0.25, 0.3) is 0 Å². The summed E-state index contributed by atoms with van der Waals surface area (Å²) in [6, 6.07) is 16.9. The third kappa shape index (κ3) is 2.76. The molecule has 0 aliphatic rings. The van der Waals surface area contributed by atoms with Crippen LogP contribution >= 0.6 is 11.3 Å². The lowest BCUT2D eigenvalue weighted by molar-refractivity contribution is 1.23. The lowest BCUT2D eigenvalue weighted by atomic mass is 10.0. The molecular weight excluding hydrogens is 314 g/mol. The summed E-state index contributed by atoms with van der Waals surface area (Å²) in [5.74, 6) is 0.848. The van der Waals surface area contributed by atoms with Gasteiger partial charge in [-0.2, -0.15) is 0 Å². The molecule has 0 amide bonds. The molecule has 4 rings (SSSR count). The normalized spacial score (nSPS) is 10.9. The Kier molecular flexibility index (Phi) is 3.75. The Morgan fingerprint density at radius 3 is 2.21 bits per heavy atom. The molecule has 2 aromatic carbocycles. The Morgan fingerprint density at radius 2 is 1.50 bits per heavy atom. The van der Waals surface area contributed by atoms with Crippen molar-refractivity contribution in [3.63, 3.8) is 0 Å². The van der Waals surface area contributed by atoms with E-state index >= 15 is 0 Å². The van der Waals surface area contributed by atoms with Gasteiger partial charge in [0, 0.05) is 16.6 Å². The number of rotatable bonds is 3. The molecule has 0 fully saturated rings. The quantitative estimate of drug-likeness (QED) is 0.522. The number of anilines is 2. The van der Waals surface area contributed by atoms with Crippen molar-refractivity contribution in [3.05, 3.63) is 71.4 Å². The van der Waals surface area contributed by atoms with E-state index in [2.05, 4.69) is 83.0 Å². The number of hydrogen-bond donors (Lipinski definition) is 1. The summed E-state index contributed by atoms with van der Waals surface area (Å²) >= 11 is 1.65. The Balaban J connectivity index is 1.82. The fraction of sp³-hybridized carbons (Fsp3) is 0.100. The highest BCUT2D eigenvalue weighted by Crippen LogP contribution is 2.37. The molecule has 0 unspecified atom stereocenters. The van der Waals surface area contributed by atoms with E-state index in [-0.39, 0.29) is 0 Å². The summed E-state index contributed by atoms with van der Waals surface area (Å²) in [6.45, 7) is 4.18. The zero-order valence-electron chi connectivity index (χ0n) is 13.6. The van der Waals surface area contributed by atoms with Crippen molar-refractivity contribution in [2.75, 3.05) is 5.32 Å². The largest absolute Gasteiger partial charge is 0.340 e. The maximum Gasteiger partial charge on any atom is 0.143 e. The van der Waals surface area contributed by atoms with E-state index < -0.39 is 0 Å². The van der Waals surface area contributed by atoms with E-state index in [0.29, 0.717) is 0 Å². The average Bonchev–Trinajstić information content (AvgIpc) is 3.03. The summed E-state index contributed by atoms with van der Waals surface area (Å²) in [5, 5.41) is 6.67. The Hall–Kier alpha value is -2.72. The minimum atomic E-state index is 0.848. The second-order valence-electron chi connectivity index (χ2n) is 5.91. The number of aryl methyl sites for hydroxylation is 2. The number of nitrogens with one attached hydrogen (secondary N) is 1. The highest BCUT2D eigenvalue weighted by Gasteiger charge is 2.13. The van der Waals surface area contributed by atoms with Gasteiger partial charge < -0.3 is 5.32 Å². The van der Waals surface area contributed by atoms with Crippen LogP contribution < -0.4 is 5.32 Å². The highest BCUT2D eigenvalue weighted by atomic mass is 32.1. The summed E-state index contributed by atoms with van der Waals surface area (Å²) in [5.41, 5.74) is 5.89. The van der Waals surface area contributed by atoms with Crippen LogP contribution in [-0.2, 0) is 0 Å². The van der Waals surface area contributed by atoms with E-state index in [9.17, 15) is 0 Å². The van der Waals surface area contributed by atoms with Gasteiger partial charge in [0.05, 0.1) is 5.39 Å². The smallest absolute Gasteiger partial charge is 0.143 e. The van der Waals surface area contributed by atoms with Gasteiger partial charge in [-0.15, -0.1) is 11.3 Å². The standard InChI is InChI=1S/C20H17N3S/c1-13-3-7-15(8-4-13)17-11-24-20-18(17)19(21-12-22-20)23-16-9-5-14(2)6-10-16/h3-12H,1-2H3,(H,21,22,23). The zero-order chi connectivity index (χ0) is 16.5. The molecule has 0 aliphatic carbocycles. The van der Waals surface area contributed by atoms with Crippen molar-refractivity contribution in [3.8, 4) is 11.1 Å². The molecule has 24 heavy (non-hydrogen) atoms. The minimum Gasteiger partial charge on any atom is -0.340 e. The van der Waals surface area contributed by atoms with Crippen molar-refractivity contribution in [2.24, 2.45) is 0 Å². The van der Waals surface area contributed by atoms with Gasteiger partial charge in [-0.1, -0.05) is 47.5 Å². The topological polar surface area (TPSA) is 37.8 Å². The van der Waals surface area contributed by atoms with E-state index in [1.807, 2.05) is 0 Å². The first kappa shape index (κ1) is 14.8. The van der Waals surface area contributed by atoms with Crippen LogP contribution in [-0.4, -0.2) is 9.97 Å². The number of hydrogen-bond acceptors (Lipinski definition) is 4. The number of aromatic nitrogens is 2. The Morgan fingerprint density at radius 1 is 0.833 bits per heavy atom. The predicted octanol–water partition coefficient (Wildman–Crippen LogP) is 5.72. The Labute approximate surface area is 145 Å². The third-order valence-electron chi connectivity index (χ3n) is 4.05. The minimum absolute atomic E-state index is 0.848. The summed E-state index contributed by atoms with van der Waals surface area (Å²) in [7, 11) is 0. The first-order chi connectivity index (χ1) is 11.7. The van der Waals surface area contributed by atoms with Crippen molar-refractivity contribution in [1.29, 1.82) is 0 Å². The van der Waals surface area contributed by atoms with Gasteiger partial charge in [-0.25, -0.2) is 9.97 Å². The summed E-state index contributed by atoms with van der Waals surface area (Å²) < 4.78 is 0. The lowest BCUT2D eigenvalue weighted by Crippen LogP contribution is -1.95. The highest BCUT2D eigenvalue weighted by molar-refractivity contribution is 7.17. The Bertz CT molecular complexity index is 986. The molecule has 2 heterocycles. The van der Waals surface area contributed by atoms with Gasteiger partial charge in [0.2, 0.25) is 0 Å². The number of fused-ring (bicyclic) bond motifs is 1. The molecule has 0 radical (unpaired) electrons. The first-order valence-corrected chi connectivity index (χ1v) is 8.71. The van der Waals surface area contributed by atoms with Crippen molar-refractivity contribution in [1.82, 2.24) is 9.97 Å². The summed E-state index contributed by atoms with van der Waals surface area (Å²) in [6.07, 6.45) is 1.62. The van der Waals surface area contributed by atoms with Crippen molar-refractivity contribution >= 4 is 33.1 Å². The molecule has 0 saturated heterocycles. The summed E-state index contributed by atoms with van der Waals surface area (Å²) in [4.78, 5) is 9.91. The second kappa shape index (κ2) is 6.06. The number of thiophene rings is 1. The van der Waals surface area contributed by atoms with Gasteiger partial charge in [-0.05, 0) is 31.5 Å². The van der Waals surface area contributed by atoms with Crippen LogP contribution in [0.5, 0.6) is 0 Å².